The lowest BCUT2D eigenvalue weighted by atomic mass is 10.0. The lowest BCUT2D eigenvalue weighted by Crippen LogP contribution is -1.86. The highest BCUT2D eigenvalue weighted by Gasteiger charge is 1.98. The van der Waals surface area contributed by atoms with Gasteiger partial charge >= 0.3 is 0 Å². The van der Waals surface area contributed by atoms with Gasteiger partial charge in [-0.1, -0.05) is 80.4 Å². The van der Waals surface area contributed by atoms with Gasteiger partial charge in [-0.2, -0.15) is 0 Å². The molecule has 0 fully saturated rings. The Morgan fingerprint density at radius 3 is 1.45 bits per heavy atom. The Balaban J connectivity index is 2.20. The first kappa shape index (κ1) is 15.5. The molecule has 0 heterocycles. The van der Waals surface area contributed by atoms with Crippen molar-refractivity contribution in [3.05, 3.63) is 69.8 Å². The molecule has 0 radical (unpaired) electrons. The van der Waals surface area contributed by atoms with Crippen molar-refractivity contribution in [2.24, 2.45) is 0 Å². The van der Waals surface area contributed by atoms with Crippen LogP contribution in [-0.4, -0.2) is 0 Å². The Morgan fingerprint density at radius 2 is 1.15 bits per heavy atom. The molecule has 0 spiro atoms. The van der Waals surface area contributed by atoms with Crippen LogP contribution < -0.4 is 0 Å². The number of alkyl halides is 2. The molecule has 2 rings (SSSR count). The second-order valence-electron chi connectivity index (χ2n) is 4.97. The molecule has 104 valence electrons. The van der Waals surface area contributed by atoms with Gasteiger partial charge in [0, 0.05) is 10.7 Å². The highest BCUT2D eigenvalue weighted by molar-refractivity contribution is 9.08. The van der Waals surface area contributed by atoms with Gasteiger partial charge in [0.15, 0.2) is 0 Å². The van der Waals surface area contributed by atoms with E-state index in [-0.39, 0.29) is 0 Å². The third-order valence-electron chi connectivity index (χ3n) is 3.49. The molecule has 0 aliphatic rings. The molecule has 0 N–H and O–H groups in total. The van der Waals surface area contributed by atoms with Gasteiger partial charge in [0.25, 0.3) is 0 Å². The summed E-state index contributed by atoms with van der Waals surface area (Å²) in [5.41, 5.74) is 7.84. The van der Waals surface area contributed by atoms with E-state index in [2.05, 4.69) is 94.3 Å². The Bertz CT molecular complexity index is 572. The van der Waals surface area contributed by atoms with E-state index in [1.807, 2.05) is 0 Å². The van der Waals surface area contributed by atoms with Crippen molar-refractivity contribution in [1.29, 1.82) is 0 Å². The minimum absolute atomic E-state index is 0.913. The Kier molecular flexibility index (Phi) is 5.62. The topological polar surface area (TPSA) is 0 Å². The molecular formula is C18H18Br2. The molecular weight excluding hydrogens is 376 g/mol. The van der Waals surface area contributed by atoms with Crippen LogP contribution in [0.15, 0.2) is 36.4 Å². The fourth-order valence-electron chi connectivity index (χ4n) is 2.14. The van der Waals surface area contributed by atoms with Gasteiger partial charge in [0.05, 0.1) is 0 Å². The van der Waals surface area contributed by atoms with Crippen LogP contribution in [0.5, 0.6) is 0 Å². The van der Waals surface area contributed by atoms with Gasteiger partial charge in [-0.15, -0.1) is 0 Å². The predicted molar refractivity (Wildman–Crippen MR) is 96.5 cm³/mol. The van der Waals surface area contributed by atoms with E-state index in [4.69, 9.17) is 0 Å². The second-order valence-corrected chi connectivity index (χ2v) is 6.09. The number of benzene rings is 2. The molecule has 0 bridgehead atoms. The van der Waals surface area contributed by atoms with Crippen LogP contribution in [0.2, 0.25) is 0 Å². The van der Waals surface area contributed by atoms with E-state index in [1.54, 1.807) is 0 Å². The van der Waals surface area contributed by atoms with Crippen LogP contribution in [-0.2, 0) is 10.7 Å². The largest absolute Gasteiger partial charge is 0.0876 e. The zero-order chi connectivity index (χ0) is 14.5. The zero-order valence-electron chi connectivity index (χ0n) is 11.8. The van der Waals surface area contributed by atoms with Crippen molar-refractivity contribution < 1.29 is 0 Å². The number of hydrogen-bond donors (Lipinski definition) is 0. The minimum Gasteiger partial charge on any atom is -0.0876 e. The normalized spacial score (nSPS) is 11.2. The summed E-state index contributed by atoms with van der Waals surface area (Å²) < 4.78 is 0. The van der Waals surface area contributed by atoms with Gasteiger partial charge in [-0.25, -0.2) is 0 Å². The third-order valence-corrected chi connectivity index (χ3v) is 4.70. The average molecular weight is 394 g/mol. The van der Waals surface area contributed by atoms with Crippen molar-refractivity contribution >= 4 is 44.0 Å². The summed E-state index contributed by atoms with van der Waals surface area (Å²) >= 11 is 7.02. The predicted octanol–water partition coefficient (Wildman–Crippen LogP) is 6.26. The number of hydrogen-bond acceptors (Lipinski definition) is 0. The molecule has 0 nitrogen and oxygen atoms in total. The van der Waals surface area contributed by atoms with Crippen LogP contribution in [0.3, 0.4) is 0 Å². The van der Waals surface area contributed by atoms with Crippen molar-refractivity contribution in [3.63, 3.8) is 0 Å². The monoisotopic (exact) mass is 392 g/mol. The van der Waals surface area contributed by atoms with E-state index in [1.165, 1.54) is 33.4 Å². The fourth-order valence-corrected chi connectivity index (χ4v) is 3.40. The van der Waals surface area contributed by atoms with Crippen LogP contribution in [0, 0.1) is 13.8 Å². The van der Waals surface area contributed by atoms with Crippen molar-refractivity contribution in [2.75, 3.05) is 0 Å². The number of halogens is 2. The van der Waals surface area contributed by atoms with E-state index < -0.39 is 0 Å². The molecule has 0 atom stereocenters. The summed E-state index contributed by atoms with van der Waals surface area (Å²) in [6.45, 7) is 4.31. The molecule has 2 heteroatoms. The summed E-state index contributed by atoms with van der Waals surface area (Å²) in [6.07, 6.45) is 4.35. The van der Waals surface area contributed by atoms with Crippen LogP contribution in [0.4, 0.5) is 0 Å². The Labute approximate surface area is 138 Å². The average Bonchev–Trinajstić information content (AvgIpc) is 2.45. The summed E-state index contributed by atoms with van der Waals surface area (Å²) in [5.74, 6) is 0. The molecule has 0 aliphatic heterocycles. The van der Waals surface area contributed by atoms with Gasteiger partial charge in [-0.3, -0.25) is 0 Å². The third kappa shape index (κ3) is 3.83. The van der Waals surface area contributed by atoms with Crippen molar-refractivity contribution in [2.45, 2.75) is 24.5 Å². The van der Waals surface area contributed by atoms with Crippen molar-refractivity contribution in [1.82, 2.24) is 0 Å². The highest BCUT2D eigenvalue weighted by Crippen LogP contribution is 2.18. The van der Waals surface area contributed by atoms with E-state index >= 15 is 0 Å². The van der Waals surface area contributed by atoms with Gasteiger partial charge in [0.2, 0.25) is 0 Å². The van der Waals surface area contributed by atoms with Gasteiger partial charge < -0.3 is 0 Å². The Hall–Kier alpha value is -0.860. The van der Waals surface area contributed by atoms with Crippen LogP contribution >= 0.6 is 31.9 Å². The molecule has 0 saturated heterocycles. The molecule has 0 amide bonds. The Morgan fingerprint density at radius 1 is 0.750 bits per heavy atom. The first-order valence-electron chi connectivity index (χ1n) is 6.63. The maximum atomic E-state index is 3.51. The maximum absolute atomic E-state index is 3.51. The standard InChI is InChI=1S/C18H18Br2/c1-13-9-15(5-7-17(13)11-19)3-4-16-6-8-18(12-20)14(2)10-16/h3-10H,11-12H2,1-2H3/b4-3+. The summed E-state index contributed by atoms with van der Waals surface area (Å²) in [4.78, 5) is 0. The number of rotatable bonds is 4. The summed E-state index contributed by atoms with van der Waals surface area (Å²) in [6, 6.07) is 13.2. The van der Waals surface area contributed by atoms with Crippen LogP contribution in [0.25, 0.3) is 12.2 Å². The number of aryl methyl sites for hydroxylation is 2. The van der Waals surface area contributed by atoms with E-state index in [0.29, 0.717) is 0 Å². The molecule has 0 aliphatic carbocycles. The smallest absolute Gasteiger partial charge is 0.0285 e. The van der Waals surface area contributed by atoms with E-state index in [9.17, 15) is 0 Å². The minimum atomic E-state index is 0.913. The summed E-state index contributed by atoms with van der Waals surface area (Å²) in [5, 5.41) is 1.83. The SMILES string of the molecule is Cc1cc(/C=C/c2ccc(CBr)c(C)c2)ccc1CBr. The first-order chi connectivity index (χ1) is 9.63. The zero-order valence-corrected chi connectivity index (χ0v) is 15.0. The second kappa shape index (κ2) is 7.24. The lowest BCUT2D eigenvalue weighted by Gasteiger charge is -2.04. The molecule has 0 aromatic heterocycles. The van der Waals surface area contributed by atoms with Crippen molar-refractivity contribution in [3.8, 4) is 0 Å². The molecule has 0 unspecified atom stereocenters. The maximum Gasteiger partial charge on any atom is 0.0285 e. The fraction of sp³-hybridized carbons (Fsp3) is 0.222. The molecule has 20 heavy (non-hydrogen) atoms. The van der Waals surface area contributed by atoms with Gasteiger partial charge in [0.1, 0.15) is 0 Å². The van der Waals surface area contributed by atoms with Gasteiger partial charge in [-0.05, 0) is 47.2 Å². The molecule has 2 aromatic rings. The quantitative estimate of drug-likeness (QED) is 0.424. The first-order valence-corrected chi connectivity index (χ1v) is 8.87. The lowest BCUT2D eigenvalue weighted by molar-refractivity contribution is 1.31. The summed E-state index contributed by atoms with van der Waals surface area (Å²) in [7, 11) is 0. The highest BCUT2D eigenvalue weighted by atomic mass is 79.9. The van der Waals surface area contributed by atoms with Crippen LogP contribution in [0.1, 0.15) is 33.4 Å². The molecule has 0 saturated carbocycles. The molecule has 2 aromatic carbocycles. The van der Waals surface area contributed by atoms with E-state index in [0.717, 1.165) is 10.7 Å².